The van der Waals surface area contributed by atoms with Crippen molar-refractivity contribution in [2.24, 2.45) is 0 Å². The number of nitrogens with one attached hydrogen (secondary N) is 1. The number of aldehydes is 1. The van der Waals surface area contributed by atoms with E-state index in [0.717, 1.165) is 17.5 Å². The highest BCUT2D eigenvalue weighted by Gasteiger charge is 2.09. The van der Waals surface area contributed by atoms with Crippen LogP contribution >= 0.6 is 0 Å². The predicted octanol–water partition coefficient (Wildman–Crippen LogP) is 3.65. The van der Waals surface area contributed by atoms with Crippen LogP contribution in [0.1, 0.15) is 35.7 Å². The molecule has 0 spiro atoms. The van der Waals surface area contributed by atoms with E-state index in [-0.39, 0.29) is 12.5 Å². The van der Waals surface area contributed by atoms with Gasteiger partial charge >= 0.3 is 0 Å². The van der Waals surface area contributed by atoms with Crippen molar-refractivity contribution in [2.45, 2.75) is 19.8 Å². The molecule has 1 N–H and O–H groups in total. The molecule has 2 aromatic carbocycles. The second-order valence-corrected chi connectivity index (χ2v) is 5.65. The minimum Gasteiger partial charge on any atom is -0.493 e. The molecule has 0 saturated heterocycles. The second-order valence-electron chi connectivity index (χ2n) is 5.65. The van der Waals surface area contributed by atoms with Gasteiger partial charge in [0, 0.05) is 11.3 Å². The number of carbonyl (C=O) groups is 2. The Hall–Kier alpha value is -2.82. The maximum atomic E-state index is 12.1. The Balaban J connectivity index is 1.98. The average Bonchev–Trinajstić information content (AvgIpc) is 2.60. The van der Waals surface area contributed by atoms with Gasteiger partial charge in [0.2, 0.25) is 0 Å². The third kappa shape index (κ3) is 4.59. The van der Waals surface area contributed by atoms with Crippen molar-refractivity contribution in [2.75, 3.05) is 19.0 Å². The molecule has 126 valence electrons. The molecule has 0 radical (unpaired) electrons. The van der Waals surface area contributed by atoms with Crippen LogP contribution in [0.4, 0.5) is 5.69 Å². The van der Waals surface area contributed by atoms with E-state index in [1.165, 1.54) is 7.11 Å². The number of anilines is 1. The molecule has 5 nitrogen and oxygen atoms in total. The fraction of sp³-hybridized carbons (Fsp3) is 0.263. The van der Waals surface area contributed by atoms with Gasteiger partial charge in [-0.25, -0.2) is 0 Å². The van der Waals surface area contributed by atoms with E-state index in [9.17, 15) is 9.59 Å². The van der Waals surface area contributed by atoms with E-state index >= 15 is 0 Å². The molecule has 0 bridgehead atoms. The predicted molar refractivity (Wildman–Crippen MR) is 93.0 cm³/mol. The fourth-order valence-corrected chi connectivity index (χ4v) is 2.19. The van der Waals surface area contributed by atoms with E-state index in [0.29, 0.717) is 23.0 Å². The van der Waals surface area contributed by atoms with Crippen LogP contribution in [0.15, 0.2) is 42.5 Å². The zero-order valence-corrected chi connectivity index (χ0v) is 14.0. The van der Waals surface area contributed by atoms with Gasteiger partial charge in [0.15, 0.2) is 18.1 Å². The fourth-order valence-electron chi connectivity index (χ4n) is 2.19. The van der Waals surface area contributed by atoms with Crippen molar-refractivity contribution in [1.82, 2.24) is 0 Å². The van der Waals surface area contributed by atoms with Crippen molar-refractivity contribution >= 4 is 17.9 Å². The van der Waals surface area contributed by atoms with Gasteiger partial charge in [-0.15, -0.1) is 0 Å². The molecule has 0 fully saturated rings. The van der Waals surface area contributed by atoms with E-state index in [1.54, 1.807) is 18.2 Å². The summed E-state index contributed by atoms with van der Waals surface area (Å²) in [6, 6.07) is 12.5. The molecule has 0 unspecified atom stereocenters. The third-order valence-corrected chi connectivity index (χ3v) is 3.52. The highest BCUT2D eigenvalue weighted by molar-refractivity contribution is 5.92. The maximum absolute atomic E-state index is 12.1. The smallest absolute Gasteiger partial charge is 0.262 e. The molecule has 0 aliphatic heterocycles. The van der Waals surface area contributed by atoms with Crippen molar-refractivity contribution in [3.05, 3.63) is 53.6 Å². The lowest BCUT2D eigenvalue weighted by atomic mass is 10.0. The summed E-state index contributed by atoms with van der Waals surface area (Å²) < 4.78 is 10.7. The zero-order chi connectivity index (χ0) is 17.5. The summed E-state index contributed by atoms with van der Waals surface area (Å²) in [5.74, 6) is 0.944. The topological polar surface area (TPSA) is 64.6 Å². The van der Waals surface area contributed by atoms with E-state index < -0.39 is 0 Å². The minimum atomic E-state index is -0.266. The highest BCUT2D eigenvalue weighted by Crippen LogP contribution is 2.27. The number of hydrogen-bond acceptors (Lipinski definition) is 4. The van der Waals surface area contributed by atoms with Gasteiger partial charge in [-0.3, -0.25) is 9.59 Å². The molecule has 2 aromatic rings. The largest absolute Gasteiger partial charge is 0.493 e. The molecule has 2 rings (SSSR count). The van der Waals surface area contributed by atoms with Crippen LogP contribution in [-0.4, -0.2) is 25.9 Å². The van der Waals surface area contributed by atoms with Gasteiger partial charge in [-0.2, -0.15) is 0 Å². The van der Waals surface area contributed by atoms with E-state index in [1.807, 2.05) is 24.3 Å². The summed E-state index contributed by atoms with van der Waals surface area (Å²) in [6.45, 7) is 4.04. The molecule has 5 heteroatoms. The molecule has 0 saturated carbocycles. The summed E-state index contributed by atoms with van der Waals surface area (Å²) in [7, 11) is 1.48. The molecule has 0 aliphatic rings. The lowest BCUT2D eigenvalue weighted by Gasteiger charge is -2.12. The average molecular weight is 327 g/mol. The quantitative estimate of drug-likeness (QED) is 0.788. The second kappa shape index (κ2) is 8.15. The molecular formula is C19H21NO4. The van der Waals surface area contributed by atoms with Crippen molar-refractivity contribution in [3.63, 3.8) is 0 Å². The highest BCUT2D eigenvalue weighted by atomic mass is 16.5. The number of ether oxygens (including phenoxy) is 2. The first kappa shape index (κ1) is 17.5. The van der Waals surface area contributed by atoms with Crippen LogP contribution in [-0.2, 0) is 4.79 Å². The molecule has 0 heterocycles. The van der Waals surface area contributed by atoms with Crippen LogP contribution in [0.2, 0.25) is 0 Å². The Bertz CT molecular complexity index is 725. The SMILES string of the molecule is COc1cc(C=O)ccc1OCC(=O)Nc1cccc(C(C)C)c1. The standard InChI is InChI=1S/C19H21NO4/c1-13(2)15-5-4-6-16(10-15)20-19(22)12-24-17-8-7-14(11-21)9-18(17)23-3/h4-11,13H,12H2,1-3H3,(H,20,22). The first-order chi connectivity index (χ1) is 11.5. The van der Waals surface area contributed by atoms with Crippen molar-refractivity contribution in [3.8, 4) is 11.5 Å². The first-order valence-electron chi connectivity index (χ1n) is 7.69. The van der Waals surface area contributed by atoms with Crippen LogP contribution in [0.25, 0.3) is 0 Å². The number of amides is 1. The molecule has 0 aliphatic carbocycles. The first-order valence-corrected chi connectivity index (χ1v) is 7.69. The van der Waals surface area contributed by atoms with Crippen molar-refractivity contribution < 1.29 is 19.1 Å². The van der Waals surface area contributed by atoms with Gasteiger partial charge in [0.25, 0.3) is 5.91 Å². The Labute approximate surface area is 141 Å². The lowest BCUT2D eigenvalue weighted by Crippen LogP contribution is -2.20. The van der Waals surface area contributed by atoms with Crippen LogP contribution in [0.5, 0.6) is 11.5 Å². The minimum absolute atomic E-state index is 0.150. The molecule has 1 amide bonds. The Morgan fingerprint density at radius 2 is 1.96 bits per heavy atom. The summed E-state index contributed by atoms with van der Waals surface area (Å²) >= 11 is 0. The number of rotatable bonds is 7. The van der Waals surface area contributed by atoms with Crippen LogP contribution in [0, 0.1) is 0 Å². The number of carbonyl (C=O) groups excluding carboxylic acids is 2. The number of hydrogen-bond donors (Lipinski definition) is 1. The van der Waals surface area contributed by atoms with Crippen molar-refractivity contribution in [1.29, 1.82) is 0 Å². The maximum Gasteiger partial charge on any atom is 0.262 e. The Morgan fingerprint density at radius 3 is 2.62 bits per heavy atom. The van der Waals surface area contributed by atoms with Gasteiger partial charge in [0.05, 0.1) is 7.11 Å². The summed E-state index contributed by atoms with van der Waals surface area (Å²) in [6.07, 6.45) is 0.723. The molecule has 0 aromatic heterocycles. The normalized spacial score (nSPS) is 10.3. The Morgan fingerprint density at radius 1 is 1.17 bits per heavy atom. The van der Waals surface area contributed by atoms with Crippen LogP contribution < -0.4 is 14.8 Å². The molecular weight excluding hydrogens is 306 g/mol. The molecule has 0 atom stereocenters. The third-order valence-electron chi connectivity index (χ3n) is 3.52. The summed E-state index contributed by atoms with van der Waals surface area (Å²) in [4.78, 5) is 22.8. The lowest BCUT2D eigenvalue weighted by molar-refractivity contribution is -0.118. The van der Waals surface area contributed by atoms with Crippen LogP contribution in [0.3, 0.4) is 0 Å². The summed E-state index contributed by atoms with van der Waals surface area (Å²) in [5, 5.41) is 2.81. The van der Waals surface area contributed by atoms with E-state index in [2.05, 4.69) is 19.2 Å². The number of methoxy groups -OCH3 is 1. The Kier molecular flexibility index (Phi) is 5.95. The van der Waals surface area contributed by atoms with Gasteiger partial charge in [0.1, 0.15) is 6.29 Å². The van der Waals surface area contributed by atoms with E-state index in [4.69, 9.17) is 9.47 Å². The monoisotopic (exact) mass is 327 g/mol. The summed E-state index contributed by atoms with van der Waals surface area (Å²) in [5.41, 5.74) is 2.37. The van der Waals surface area contributed by atoms with Gasteiger partial charge in [-0.05, 0) is 41.8 Å². The number of benzene rings is 2. The van der Waals surface area contributed by atoms with Gasteiger partial charge < -0.3 is 14.8 Å². The zero-order valence-electron chi connectivity index (χ0n) is 14.0. The molecule has 24 heavy (non-hydrogen) atoms. The van der Waals surface area contributed by atoms with Gasteiger partial charge in [-0.1, -0.05) is 26.0 Å².